The number of nitrogens with one attached hydrogen (secondary N) is 3. The fourth-order valence-corrected chi connectivity index (χ4v) is 6.10. The van der Waals surface area contributed by atoms with Gasteiger partial charge >= 0.3 is 0 Å². The molecule has 7 nitrogen and oxygen atoms in total. The number of aromatic nitrogens is 2. The minimum atomic E-state index is -3.69. The Hall–Kier alpha value is -3.49. The number of carbonyl (C=O) groups excluding carboxylic acids is 1. The maximum Gasteiger partial charge on any atom is 0.240 e. The lowest BCUT2D eigenvalue weighted by Gasteiger charge is -2.28. The van der Waals surface area contributed by atoms with E-state index in [0.29, 0.717) is 49.1 Å². The summed E-state index contributed by atoms with van der Waals surface area (Å²) < 4.78 is 29.0. The average molecular weight is 503 g/mol. The third kappa shape index (κ3) is 5.66. The van der Waals surface area contributed by atoms with Crippen LogP contribution in [0.4, 0.5) is 0 Å². The summed E-state index contributed by atoms with van der Waals surface area (Å²) in [6.07, 6.45) is 3.42. The molecule has 0 aliphatic heterocycles. The molecule has 1 saturated carbocycles. The Morgan fingerprint density at radius 1 is 0.917 bits per heavy atom. The summed E-state index contributed by atoms with van der Waals surface area (Å²) in [5.74, 6) is 0.693. The third-order valence-corrected chi connectivity index (χ3v) is 8.30. The second-order valence-electron chi connectivity index (χ2n) is 9.33. The van der Waals surface area contributed by atoms with E-state index in [0.717, 1.165) is 12.0 Å². The molecule has 1 fully saturated rings. The summed E-state index contributed by atoms with van der Waals surface area (Å²) >= 11 is 0. The number of nitrogens with zero attached hydrogens (tertiary/aromatic N) is 1. The zero-order valence-electron chi connectivity index (χ0n) is 20.0. The molecule has 36 heavy (non-hydrogen) atoms. The van der Waals surface area contributed by atoms with Gasteiger partial charge in [0.25, 0.3) is 0 Å². The van der Waals surface area contributed by atoms with E-state index < -0.39 is 10.0 Å². The van der Waals surface area contributed by atoms with Crippen LogP contribution in [0.15, 0.2) is 83.8 Å². The summed E-state index contributed by atoms with van der Waals surface area (Å²) in [5, 5.41) is 3.03. The number of aromatic amines is 1. The minimum absolute atomic E-state index is 0.0613. The van der Waals surface area contributed by atoms with Gasteiger partial charge in [-0.15, -0.1) is 0 Å². The Morgan fingerprint density at radius 3 is 2.33 bits per heavy atom. The highest BCUT2D eigenvalue weighted by atomic mass is 32.2. The molecule has 1 amide bonds. The van der Waals surface area contributed by atoms with Crippen molar-refractivity contribution in [2.75, 3.05) is 6.54 Å². The first-order valence-electron chi connectivity index (χ1n) is 12.4. The first-order valence-corrected chi connectivity index (χ1v) is 13.9. The van der Waals surface area contributed by atoms with Gasteiger partial charge in [0.2, 0.25) is 15.9 Å². The van der Waals surface area contributed by atoms with Crippen LogP contribution in [0, 0.1) is 5.92 Å². The van der Waals surface area contributed by atoms with E-state index in [1.807, 2.05) is 48.5 Å². The van der Waals surface area contributed by atoms with Gasteiger partial charge in [0.05, 0.1) is 15.9 Å². The predicted molar refractivity (Wildman–Crippen MR) is 141 cm³/mol. The largest absolute Gasteiger partial charge is 0.356 e. The number of H-pyrrole nitrogens is 1. The van der Waals surface area contributed by atoms with E-state index in [1.54, 1.807) is 18.2 Å². The molecular formula is C28H30N4O3S. The van der Waals surface area contributed by atoms with Crippen LogP contribution in [0.2, 0.25) is 0 Å². The Morgan fingerprint density at radius 2 is 1.61 bits per heavy atom. The van der Waals surface area contributed by atoms with Gasteiger partial charge in [-0.05, 0) is 55.9 Å². The fourth-order valence-electron chi connectivity index (χ4n) is 4.77. The Balaban J connectivity index is 1.15. The van der Waals surface area contributed by atoms with Gasteiger partial charge in [0.15, 0.2) is 0 Å². The molecular weight excluding hydrogens is 472 g/mol. The summed E-state index contributed by atoms with van der Waals surface area (Å²) in [6, 6.07) is 24.6. The number of hydrogen-bond acceptors (Lipinski definition) is 4. The third-order valence-electron chi connectivity index (χ3n) is 6.79. The monoisotopic (exact) mass is 502 g/mol. The molecule has 0 bridgehead atoms. The predicted octanol–water partition coefficient (Wildman–Crippen LogP) is 4.43. The van der Waals surface area contributed by atoms with Crippen LogP contribution >= 0.6 is 0 Å². The zero-order valence-corrected chi connectivity index (χ0v) is 20.8. The normalized spacial score (nSPS) is 18.2. The van der Waals surface area contributed by atoms with Crippen LogP contribution in [0.5, 0.6) is 0 Å². The summed E-state index contributed by atoms with van der Waals surface area (Å²) in [4.78, 5) is 20.6. The molecule has 186 valence electrons. The van der Waals surface area contributed by atoms with Crippen molar-refractivity contribution in [3.8, 4) is 11.4 Å². The molecule has 1 aliphatic carbocycles. The van der Waals surface area contributed by atoms with Gasteiger partial charge in [-0.1, -0.05) is 60.7 Å². The van der Waals surface area contributed by atoms with Crippen LogP contribution < -0.4 is 10.0 Å². The molecule has 4 aromatic rings. The number of benzene rings is 3. The van der Waals surface area contributed by atoms with Crippen molar-refractivity contribution in [1.82, 2.24) is 20.0 Å². The molecule has 8 heteroatoms. The van der Waals surface area contributed by atoms with E-state index in [-0.39, 0.29) is 22.8 Å². The standard InChI is InChI=1S/C28H30N4O3S/c33-28(29-18-17-20-7-3-1-4-8-20)22-11-13-23(14-12-22)32-36(34,35)24-15-16-25-26(19-24)31-27(30-25)21-9-5-2-6-10-21/h1-10,15-16,19,22-23,32H,11-14,17-18H2,(H,29,33)(H,30,31). The lowest BCUT2D eigenvalue weighted by atomic mass is 9.86. The van der Waals surface area contributed by atoms with Gasteiger partial charge < -0.3 is 10.3 Å². The second kappa shape index (κ2) is 10.6. The number of imidazole rings is 1. The first kappa shape index (κ1) is 24.2. The molecule has 0 saturated heterocycles. The number of carbonyl (C=O) groups is 1. The minimum Gasteiger partial charge on any atom is -0.356 e. The molecule has 0 unspecified atom stereocenters. The van der Waals surface area contributed by atoms with Crippen molar-refractivity contribution < 1.29 is 13.2 Å². The summed E-state index contributed by atoms with van der Waals surface area (Å²) in [6.45, 7) is 0.609. The van der Waals surface area contributed by atoms with Gasteiger partial charge in [-0.3, -0.25) is 4.79 Å². The highest BCUT2D eigenvalue weighted by Crippen LogP contribution is 2.27. The van der Waals surface area contributed by atoms with Gasteiger partial charge in [-0.2, -0.15) is 0 Å². The van der Waals surface area contributed by atoms with Crippen molar-refractivity contribution in [3.05, 3.63) is 84.4 Å². The molecule has 0 atom stereocenters. The fraction of sp³-hybridized carbons (Fsp3) is 0.286. The molecule has 5 rings (SSSR count). The summed E-state index contributed by atoms with van der Waals surface area (Å²) in [7, 11) is -3.69. The number of fused-ring (bicyclic) bond motifs is 1. The van der Waals surface area contributed by atoms with E-state index in [1.165, 1.54) is 5.56 Å². The molecule has 3 N–H and O–H groups in total. The van der Waals surface area contributed by atoms with Crippen molar-refractivity contribution >= 4 is 27.0 Å². The first-order chi connectivity index (χ1) is 17.5. The number of sulfonamides is 1. The van der Waals surface area contributed by atoms with E-state index in [4.69, 9.17) is 0 Å². The molecule has 1 heterocycles. The Labute approximate surface area is 211 Å². The maximum atomic E-state index is 13.1. The van der Waals surface area contributed by atoms with Crippen molar-refractivity contribution in [2.24, 2.45) is 5.92 Å². The smallest absolute Gasteiger partial charge is 0.240 e. The van der Waals surface area contributed by atoms with Crippen LogP contribution in [0.25, 0.3) is 22.4 Å². The van der Waals surface area contributed by atoms with Crippen molar-refractivity contribution in [2.45, 2.75) is 43.0 Å². The SMILES string of the molecule is O=C(NCCc1ccccc1)C1CCC(NS(=O)(=O)c2ccc3nc(-c4ccccc4)[nH]c3c2)CC1. The molecule has 1 aromatic heterocycles. The van der Waals surface area contributed by atoms with E-state index in [9.17, 15) is 13.2 Å². The quantitative estimate of drug-likeness (QED) is 0.332. The number of rotatable bonds is 8. The van der Waals surface area contributed by atoms with Crippen LogP contribution in [-0.2, 0) is 21.2 Å². The average Bonchev–Trinajstić information content (AvgIpc) is 3.34. The summed E-state index contributed by atoms with van der Waals surface area (Å²) in [5.41, 5.74) is 3.52. The Kier molecular flexibility index (Phi) is 7.16. The highest BCUT2D eigenvalue weighted by Gasteiger charge is 2.29. The lowest BCUT2D eigenvalue weighted by molar-refractivity contribution is -0.125. The van der Waals surface area contributed by atoms with Crippen molar-refractivity contribution in [1.29, 1.82) is 0 Å². The van der Waals surface area contributed by atoms with E-state index >= 15 is 0 Å². The highest BCUT2D eigenvalue weighted by molar-refractivity contribution is 7.89. The van der Waals surface area contributed by atoms with Crippen molar-refractivity contribution in [3.63, 3.8) is 0 Å². The van der Waals surface area contributed by atoms with Gasteiger partial charge in [0, 0.05) is 24.1 Å². The van der Waals surface area contributed by atoms with E-state index in [2.05, 4.69) is 32.1 Å². The maximum absolute atomic E-state index is 13.1. The molecule has 1 aliphatic rings. The van der Waals surface area contributed by atoms with Crippen LogP contribution in [0.1, 0.15) is 31.2 Å². The lowest BCUT2D eigenvalue weighted by Crippen LogP contribution is -2.41. The second-order valence-corrected chi connectivity index (χ2v) is 11.0. The van der Waals surface area contributed by atoms with Crippen LogP contribution in [0.3, 0.4) is 0 Å². The van der Waals surface area contributed by atoms with Gasteiger partial charge in [0.1, 0.15) is 5.82 Å². The topological polar surface area (TPSA) is 104 Å². The molecule has 3 aromatic carbocycles. The number of hydrogen-bond donors (Lipinski definition) is 3. The Bertz CT molecular complexity index is 1430. The molecule has 0 radical (unpaired) electrons. The van der Waals surface area contributed by atoms with Gasteiger partial charge in [-0.25, -0.2) is 18.1 Å². The molecule has 0 spiro atoms. The van der Waals surface area contributed by atoms with Crippen LogP contribution in [-0.4, -0.2) is 36.9 Å². The number of amides is 1. The zero-order chi connectivity index (χ0) is 25.0.